The monoisotopic (exact) mass is 187 g/mol. The van der Waals surface area contributed by atoms with Crippen molar-refractivity contribution in [3.63, 3.8) is 0 Å². The number of amides is 1. The van der Waals surface area contributed by atoms with Crippen LogP contribution >= 0.6 is 0 Å². The van der Waals surface area contributed by atoms with E-state index >= 15 is 0 Å². The average molecular weight is 187 g/mol. The van der Waals surface area contributed by atoms with Crippen molar-refractivity contribution in [2.75, 3.05) is 6.61 Å². The maximum atomic E-state index is 11.3. The van der Waals surface area contributed by atoms with Crippen LogP contribution in [0.2, 0.25) is 0 Å². The third kappa shape index (κ3) is 1.19. The lowest BCUT2D eigenvalue weighted by Crippen LogP contribution is -2.45. The predicted octanol–water partition coefficient (Wildman–Crippen LogP) is -0.418. The fourth-order valence-corrected chi connectivity index (χ4v) is 1.32. The lowest BCUT2D eigenvalue weighted by atomic mass is 9.95. The summed E-state index contributed by atoms with van der Waals surface area (Å²) in [6.07, 6.45) is 0. The van der Waals surface area contributed by atoms with E-state index in [4.69, 9.17) is 15.2 Å². The van der Waals surface area contributed by atoms with Crippen LogP contribution in [0.4, 0.5) is 0 Å². The lowest BCUT2D eigenvalue weighted by Gasteiger charge is -2.08. The number of carbonyl (C=O) groups excluding carboxylic acids is 2. The largest absolute Gasteiger partial charge is 0.463 e. The molecule has 1 heterocycles. The number of hydrogen-bond acceptors (Lipinski definition) is 4. The number of esters is 1. The van der Waals surface area contributed by atoms with Crippen molar-refractivity contribution in [3.05, 3.63) is 0 Å². The molecule has 1 aliphatic rings. The fraction of sp³-hybridized carbons (Fsp3) is 0.750. The number of nitrogens with two attached hydrogens (primary N) is 1. The van der Waals surface area contributed by atoms with Crippen molar-refractivity contribution in [2.24, 2.45) is 5.73 Å². The summed E-state index contributed by atoms with van der Waals surface area (Å²) in [7, 11) is 0. The van der Waals surface area contributed by atoms with E-state index < -0.39 is 23.1 Å². The molecule has 5 nitrogen and oxygen atoms in total. The Morgan fingerprint density at radius 2 is 1.92 bits per heavy atom. The minimum atomic E-state index is -1.57. The Morgan fingerprint density at radius 3 is 2.15 bits per heavy atom. The Morgan fingerprint density at radius 1 is 1.46 bits per heavy atom. The smallest absolute Gasteiger partial charge is 0.351 e. The zero-order valence-corrected chi connectivity index (χ0v) is 7.92. The topological polar surface area (TPSA) is 81.9 Å². The maximum Gasteiger partial charge on any atom is 0.351 e. The second-order valence-electron chi connectivity index (χ2n) is 3.38. The van der Waals surface area contributed by atoms with Crippen LogP contribution in [-0.4, -0.2) is 29.7 Å². The van der Waals surface area contributed by atoms with E-state index in [-0.39, 0.29) is 6.61 Å². The van der Waals surface area contributed by atoms with E-state index in [9.17, 15) is 9.59 Å². The second-order valence-corrected chi connectivity index (χ2v) is 3.38. The van der Waals surface area contributed by atoms with Gasteiger partial charge in [0.2, 0.25) is 0 Å². The van der Waals surface area contributed by atoms with E-state index in [1.807, 2.05) is 0 Å². The van der Waals surface area contributed by atoms with Crippen LogP contribution in [0, 0.1) is 0 Å². The van der Waals surface area contributed by atoms with Crippen LogP contribution < -0.4 is 5.73 Å². The summed E-state index contributed by atoms with van der Waals surface area (Å²) in [6.45, 7) is 5.10. The Kier molecular flexibility index (Phi) is 2.07. The highest BCUT2D eigenvalue weighted by Gasteiger charge is 2.75. The summed E-state index contributed by atoms with van der Waals surface area (Å²) in [5.74, 6) is -1.50. The van der Waals surface area contributed by atoms with Gasteiger partial charge in [-0.1, -0.05) is 0 Å². The van der Waals surface area contributed by atoms with E-state index in [2.05, 4.69) is 0 Å². The van der Waals surface area contributed by atoms with Gasteiger partial charge in [-0.05, 0) is 20.8 Å². The molecule has 2 N–H and O–H groups in total. The quantitative estimate of drug-likeness (QED) is 0.369. The number of epoxide rings is 1. The van der Waals surface area contributed by atoms with Gasteiger partial charge in [0.1, 0.15) is 5.60 Å². The van der Waals surface area contributed by atoms with Crippen LogP contribution in [0.25, 0.3) is 0 Å². The van der Waals surface area contributed by atoms with E-state index in [1.54, 1.807) is 20.8 Å². The Bertz CT molecular complexity index is 261. The van der Waals surface area contributed by atoms with Gasteiger partial charge in [0, 0.05) is 0 Å². The highest BCUT2D eigenvalue weighted by molar-refractivity contribution is 6.10. The van der Waals surface area contributed by atoms with Crippen LogP contribution in [0.3, 0.4) is 0 Å². The van der Waals surface area contributed by atoms with Crippen molar-refractivity contribution < 1.29 is 19.1 Å². The summed E-state index contributed by atoms with van der Waals surface area (Å²) < 4.78 is 9.72. The molecular weight excluding hydrogens is 174 g/mol. The summed E-state index contributed by atoms with van der Waals surface area (Å²) in [6, 6.07) is 0. The molecule has 1 amide bonds. The van der Waals surface area contributed by atoms with Gasteiger partial charge in [-0.25, -0.2) is 4.79 Å². The van der Waals surface area contributed by atoms with Crippen LogP contribution in [0.1, 0.15) is 20.8 Å². The molecule has 0 bridgehead atoms. The first-order valence-corrected chi connectivity index (χ1v) is 4.06. The number of primary amides is 1. The van der Waals surface area contributed by atoms with Gasteiger partial charge >= 0.3 is 5.97 Å². The molecule has 1 rings (SSSR count). The molecule has 0 saturated carbocycles. The zero-order valence-electron chi connectivity index (χ0n) is 7.92. The summed E-state index contributed by atoms with van der Waals surface area (Å²) in [4.78, 5) is 22.3. The first kappa shape index (κ1) is 9.98. The van der Waals surface area contributed by atoms with Gasteiger partial charge in [0.25, 0.3) is 11.5 Å². The van der Waals surface area contributed by atoms with Crippen LogP contribution in [0.15, 0.2) is 0 Å². The van der Waals surface area contributed by atoms with Gasteiger partial charge in [-0.15, -0.1) is 0 Å². The Balaban J connectivity index is 2.85. The Labute approximate surface area is 76.2 Å². The predicted molar refractivity (Wildman–Crippen MR) is 43.7 cm³/mol. The molecule has 5 heteroatoms. The molecule has 1 atom stereocenters. The Hall–Kier alpha value is -1.10. The summed E-state index contributed by atoms with van der Waals surface area (Å²) in [5.41, 5.74) is 2.67. The van der Waals surface area contributed by atoms with Crippen molar-refractivity contribution in [1.29, 1.82) is 0 Å². The molecule has 0 spiro atoms. The number of ether oxygens (including phenoxy) is 2. The highest BCUT2D eigenvalue weighted by Crippen LogP contribution is 2.48. The molecule has 1 unspecified atom stereocenters. The van der Waals surface area contributed by atoms with Crippen LogP contribution in [-0.2, 0) is 19.1 Å². The molecular formula is C8H13NO4. The van der Waals surface area contributed by atoms with Gasteiger partial charge in [-0.3, -0.25) is 4.79 Å². The minimum absolute atomic E-state index is 0.202. The van der Waals surface area contributed by atoms with Gasteiger partial charge in [0.05, 0.1) is 6.61 Å². The van der Waals surface area contributed by atoms with Gasteiger partial charge in [-0.2, -0.15) is 0 Å². The van der Waals surface area contributed by atoms with E-state index in [0.29, 0.717) is 0 Å². The first-order chi connectivity index (χ1) is 5.88. The average Bonchev–Trinajstić information content (AvgIpc) is 2.56. The van der Waals surface area contributed by atoms with Crippen molar-refractivity contribution >= 4 is 11.9 Å². The molecule has 0 aromatic heterocycles. The molecule has 13 heavy (non-hydrogen) atoms. The zero-order chi connectivity index (χ0) is 10.3. The molecule has 0 aliphatic carbocycles. The first-order valence-electron chi connectivity index (χ1n) is 4.06. The third-order valence-corrected chi connectivity index (χ3v) is 2.12. The number of carbonyl (C=O) groups is 2. The van der Waals surface area contributed by atoms with Gasteiger partial charge in [0.15, 0.2) is 0 Å². The summed E-state index contributed by atoms with van der Waals surface area (Å²) >= 11 is 0. The van der Waals surface area contributed by atoms with Gasteiger partial charge < -0.3 is 15.2 Å². The van der Waals surface area contributed by atoms with Crippen molar-refractivity contribution in [1.82, 2.24) is 0 Å². The molecule has 0 radical (unpaired) electrons. The molecule has 0 aromatic rings. The standard InChI is InChI=1S/C8H13NO4/c1-4-12-6(11)8(5(9)10)7(2,3)13-8/h4H2,1-3H3,(H2,9,10). The highest BCUT2D eigenvalue weighted by atomic mass is 16.7. The summed E-state index contributed by atoms with van der Waals surface area (Å²) in [5, 5.41) is 0. The number of hydrogen-bond donors (Lipinski definition) is 1. The second kappa shape index (κ2) is 2.70. The third-order valence-electron chi connectivity index (χ3n) is 2.12. The minimum Gasteiger partial charge on any atom is -0.463 e. The van der Waals surface area contributed by atoms with Crippen LogP contribution in [0.5, 0.6) is 0 Å². The van der Waals surface area contributed by atoms with E-state index in [0.717, 1.165) is 0 Å². The number of rotatable bonds is 3. The fourth-order valence-electron chi connectivity index (χ4n) is 1.32. The molecule has 1 saturated heterocycles. The molecule has 0 aromatic carbocycles. The molecule has 1 fully saturated rings. The molecule has 1 aliphatic heterocycles. The lowest BCUT2D eigenvalue weighted by molar-refractivity contribution is -0.153. The van der Waals surface area contributed by atoms with Crippen molar-refractivity contribution in [2.45, 2.75) is 32.0 Å². The van der Waals surface area contributed by atoms with Crippen molar-refractivity contribution in [3.8, 4) is 0 Å². The maximum absolute atomic E-state index is 11.3. The normalized spacial score (nSPS) is 29.5. The SMILES string of the molecule is CCOC(=O)C1(C(N)=O)OC1(C)C. The van der Waals surface area contributed by atoms with E-state index in [1.165, 1.54) is 0 Å². The molecule has 74 valence electrons.